The molecule has 1 aliphatic heterocycles. The second-order valence-electron chi connectivity index (χ2n) is 5.86. The summed E-state index contributed by atoms with van der Waals surface area (Å²) >= 11 is 0. The van der Waals surface area contributed by atoms with Gasteiger partial charge in [0.05, 0.1) is 19.3 Å². The summed E-state index contributed by atoms with van der Waals surface area (Å²) in [6.45, 7) is 1.54. The van der Waals surface area contributed by atoms with Gasteiger partial charge in [0.25, 0.3) is 0 Å². The van der Waals surface area contributed by atoms with E-state index in [0.717, 1.165) is 38.9 Å². The molecule has 3 fully saturated rings. The lowest BCUT2D eigenvalue weighted by Gasteiger charge is -2.37. The maximum Gasteiger partial charge on any atom is 0.168 e. The predicted molar refractivity (Wildman–Crippen MR) is 68.5 cm³/mol. The van der Waals surface area contributed by atoms with Crippen LogP contribution in [-0.4, -0.2) is 44.3 Å². The van der Waals surface area contributed by atoms with Crippen molar-refractivity contribution in [1.29, 1.82) is 0 Å². The molecular weight excluding hydrogens is 230 g/mol. The normalized spacial score (nSPS) is 36.5. The van der Waals surface area contributed by atoms with Crippen molar-refractivity contribution < 1.29 is 14.2 Å². The van der Waals surface area contributed by atoms with Gasteiger partial charge in [-0.15, -0.1) is 0 Å². The summed E-state index contributed by atoms with van der Waals surface area (Å²) in [6.07, 6.45) is 8.56. The van der Waals surface area contributed by atoms with Crippen LogP contribution in [0.4, 0.5) is 0 Å². The Morgan fingerprint density at radius 1 is 1.06 bits per heavy atom. The van der Waals surface area contributed by atoms with Gasteiger partial charge in [-0.3, -0.25) is 0 Å². The first kappa shape index (κ1) is 12.9. The molecule has 2 unspecified atom stereocenters. The molecule has 2 aliphatic carbocycles. The molecule has 104 valence electrons. The fourth-order valence-corrected chi connectivity index (χ4v) is 3.71. The van der Waals surface area contributed by atoms with Gasteiger partial charge in [0.15, 0.2) is 5.79 Å². The van der Waals surface area contributed by atoms with Gasteiger partial charge in [-0.2, -0.15) is 0 Å². The molecule has 0 aromatic carbocycles. The van der Waals surface area contributed by atoms with Crippen LogP contribution in [0.25, 0.3) is 0 Å². The predicted octanol–water partition coefficient (Wildman–Crippen LogP) is 1.83. The summed E-state index contributed by atoms with van der Waals surface area (Å²) in [5.41, 5.74) is 0. The maximum absolute atomic E-state index is 5.77. The second kappa shape index (κ2) is 5.45. The third-order valence-electron chi connectivity index (χ3n) is 4.77. The van der Waals surface area contributed by atoms with Gasteiger partial charge in [-0.05, 0) is 32.1 Å². The van der Waals surface area contributed by atoms with Gasteiger partial charge < -0.3 is 19.5 Å². The first-order chi connectivity index (χ1) is 8.81. The Kier molecular flexibility index (Phi) is 3.89. The third-order valence-corrected chi connectivity index (χ3v) is 4.77. The van der Waals surface area contributed by atoms with Gasteiger partial charge >= 0.3 is 0 Å². The van der Waals surface area contributed by atoms with Crippen molar-refractivity contribution in [2.24, 2.45) is 0 Å². The lowest BCUT2D eigenvalue weighted by atomic mass is 9.89. The molecule has 2 atom stereocenters. The van der Waals surface area contributed by atoms with E-state index in [9.17, 15) is 0 Å². The average Bonchev–Trinajstić information content (AvgIpc) is 3.02. The number of methoxy groups -OCH3 is 1. The number of hydrogen-bond donors (Lipinski definition) is 1. The Labute approximate surface area is 109 Å². The monoisotopic (exact) mass is 255 g/mol. The highest BCUT2D eigenvalue weighted by molar-refractivity contribution is 4.91. The summed E-state index contributed by atoms with van der Waals surface area (Å²) < 4.78 is 17.1. The molecule has 1 heterocycles. The number of hydrogen-bond acceptors (Lipinski definition) is 4. The number of rotatable bonds is 3. The summed E-state index contributed by atoms with van der Waals surface area (Å²) in [7, 11) is 1.83. The molecule has 18 heavy (non-hydrogen) atoms. The van der Waals surface area contributed by atoms with Crippen molar-refractivity contribution in [2.75, 3.05) is 20.3 Å². The van der Waals surface area contributed by atoms with E-state index in [1.807, 2.05) is 7.11 Å². The zero-order valence-corrected chi connectivity index (χ0v) is 11.3. The van der Waals surface area contributed by atoms with E-state index in [1.54, 1.807) is 0 Å². The van der Waals surface area contributed by atoms with Crippen LogP contribution in [0.3, 0.4) is 0 Å². The highest BCUT2D eigenvalue weighted by atomic mass is 16.7. The maximum atomic E-state index is 5.77. The summed E-state index contributed by atoms with van der Waals surface area (Å²) in [6, 6.07) is 1.17. The topological polar surface area (TPSA) is 39.7 Å². The molecule has 3 aliphatic rings. The molecule has 4 nitrogen and oxygen atoms in total. The van der Waals surface area contributed by atoms with E-state index in [0.29, 0.717) is 18.2 Å². The molecular formula is C14H25NO3. The van der Waals surface area contributed by atoms with Crippen LogP contribution in [0.5, 0.6) is 0 Å². The Balaban J connectivity index is 1.48. The highest BCUT2D eigenvalue weighted by Crippen LogP contribution is 2.36. The molecule has 1 N–H and O–H groups in total. The van der Waals surface area contributed by atoms with Crippen LogP contribution in [0.15, 0.2) is 0 Å². The molecule has 0 amide bonds. The molecule has 2 saturated carbocycles. The van der Waals surface area contributed by atoms with Crippen molar-refractivity contribution in [1.82, 2.24) is 5.32 Å². The van der Waals surface area contributed by atoms with Crippen LogP contribution in [0, 0.1) is 0 Å². The molecule has 0 aromatic heterocycles. The minimum atomic E-state index is -0.228. The first-order valence-electron chi connectivity index (χ1n) is 7.38. The molecule has 0 bridgehead atoms. The second-order valence-corrected chi connectivity index (χ2v) is 5.86. The van der Waals surface area contributed by atoms with Crippen LogP contribution in [-0.2, 0) is 14.2 Å². The molecule has 0 radical (unpaired) electrons. The number of ether oxygens (including phenoxy) is 3. The Morgan fingerprint density at radius 3 is 2.44 bits per heavy atom. The van der Waals surface area contributed by atoms with Gasteiger partial charge in [0.1, 0.15) is 0 Å². The highest BCUT2D eigenvalue weighted by Gasteiger charge is 2.41. The van der Waals surface area contributed by atoms with Gasteiger partial charge in [-0.1, -0.05) is 0 Å². The van der Waals surface area contributed by atoms with Crippen molar-refractivity contribution in [3.8, 4) is 0 Å². The minimum absolute atomic E-state index is 0.228. The summed E-state index contributed by atoms with van der Waals surface area (Å²) in [5.74, 6) is -0.228. The van der Waals surface area contributed by atoms with Gasteiger partial charge in [0.2, 0.25) is 0 Å². The Morgan fingerprint density at radius 2 is 1.78 bits per heavy atom. The first-order valence-corrected chi connectivity index (χ1v) is 7.38. The van der Waals surface area contributed by atoms with Crippen molar-refractivity contribution >= 4 is 0 Å². The lowest BCUT2D eigenvalue weighted by molar-refractivity contribution is -0.180. The minimum Gasteiger partial charge on any atom is -0.380 e. The fourth-order valence-electron chi connectivity index (χ4n) is 3.71. The molecule has 1 spiro atoms. The zero-order chi connectivity index (χ0) is 12.4. The lowest BCUT2D eigenvalue weighted by Crippen LogP contribution is -2.48. The number of nitrogens with one attached hydrogen (secondary N) is 1. The van der Waals surface area contributed by atoms with Crippen molar-refractivity contribution in [3.63, 3.8) is 0 Å². The van der Waals surface area contributed by atoms with E-state index in [2.05, 4.69) is 5.32 Å². The van der Waals surface area contributed by atoms with E-state index in [4.69, 9.17) is 14.2 Å². The van der Waals surface area contributed by atoms with E-state index in [1.165, 1.54) is 19.3 Å². The van der Waals surface area contributed by atoms with Crippen LogP contribution >= 0.6 is 0 Å². The summed E-state index contributed by atoms with van der Waals surface area (Å²) in [5, 5.41) is 3.79. The SMILES string of the molecule is COC1CCCC1NC1CCC2(CC1)OCCO2. The van der Waals surface area contributed by atoms with Crippen LogP contribution in [0.1, 0.15) is 44.9 Å². The molecule has 0 aromatic rings. The van der Waals surface area contributed by atoms with Gasteiger partial charge in [0, 0.05) is 32.0 Å². The Hall–Kier alpha value is -0.160. The quantitative estimate of drug-likeness (QED) is 0.835. The zero-order valence-electron chi connectivity index (χ0n) is 11.3. The molecule has 1 saturated heterocycles. The van der Waals surface area contributed by atoms with Gasteiger partial charge in [-0.25, -0.2) is 0 Å². The molecule has 4 heteroatoms. The largest absolute Gasteiger partial charge is 0.380 e. The standard InChI is InChI=1S/C14H25NO3/c1-16-13-4-2-3-12(13)15-11-5-7-14(8-6-11)17-9-10-18-14/h11-13,15H,2-10H2,1H3. The van der Waals surface area contributed by atoms with Crippen LogP contribution in [0.2, 0.25) is 0 Å². The van der Waals surface area contributed by atoms with Crippen LogP contribution < -0.4 is 5.32 Å². The van der Waals surface area contributed by atoms with E-state index >= 15 is 0 Å². The van der Waals surface area contributed by atoms with E-state index in [-0.39, 0.29) is 5.79 Å². The Bertz CT molecular complexity index is 268. The molecule has 3 rings (SSSR count). The van der Waals surface area contributed by atoms with Crippen molar-refractivity contribution in [3.05, 3.63) is 0 Å². The van der Waals surface area contributed by atoms with E-state index < -0.39 is 0 Å². The smallest absolute Gasteiger partial charge is 0.168 e. The van der Waals surface area contributed by atoms with Crippen molar-refractivity contribution in [2.45, 2.75) is 68.9 Å². The average molecular weight is 255 g/mol. The third kappa shape index (κ3) is 2.57. The summed E-state index contributed by atoms with van der Waals surface area (Å²) in [4.78, 5) is 0. The fraction of sp³-hybridized carbons (Fsp3) is 1.00.